The first-order chi connectivity index (χ1) is 17.4. The summed E-state index contributed by atoms with van der Waals surface area (Å²) in [5.74, 6) is -1.000. The average Bonchev–Trinajstić information content (AvgIpc) is 3.81. The second-order valence-corrected chi connectivity index (χ2v) is 10.0. The first-order valence-corrected chi connectivity index (χ1v) is 12.7. The van der Waals surface area contributed by atoms with Gasteiger partial charge >= 0.3 is 6.09 Å². The summed E-state index contributed by atoms with van der Waals surface area (Å²) in [6, 6.07) is 6.81. The van der Waals surface area contributed by atoms with Crippen LogP contribution in [-0.4, -0.2) is 54.8 Å². The molecule has 1 heterocycles. The highest BCUT2D eigenvalue weighted by Gasteiger charge is 2.40. The SMILES string of the molecule is O=C[C@H](C[C@@H]1CCNC1=O)NC(=O)[C@H](CC1CC1)NC(=O)C(NC(=O)OCc1ccccc1)C1CC1. The van der Waals surface area contributed by atoms with Gasteiger partial charge in [-0.3, -0.25) is 14.4 Å². The van der Waals surface area contributed by atoms with E-state index in [1.165, 1.54) is 0 Å². The molecule has 4 N–H and O–H groups in total. The number of carbonyl (C=O) groups is 5. The molecular formula is C26H34N4O6. The van der Waals surface area contributed by atoms with E-state index in [1.54, 1.807) is 0 Å². The first kappa shape index (κ1) is 25.7. The van der Waals surface area contributed by atoms with Gasteiger partial charge < -0.3 is 30.8 Å². The van der Waals surface area contributed by atoms with E-state index < -0.39 is 36.0 Å². The third-order valence-corrected chi connectivity index (χ3v) is 6.95. The number of hydrogen-bond donors (Lipinski definition) is 4. The molecule has 1 saturated heterocycles. The van der Waals surface area contributed by atoms with Crippen LogP contribution in [0.3, 0.4) is 0 Å². The first-order valence-electron chi connectivity index (χ1n) is 12.7. The summed E-state index contributed by atoms with van der Waals surface area (Å²) >= 11 is 0. The second kappa shape index (κ2) is 12.0. The van der Waals surface area contributed by atoms with Gasteiger partial charge in [-0.05, 0) is 49.5 Å². The molecule has 0 aromatic heterocycles. The van der Waals surface area contributed by atoms with Gasteiger partial charge in [-0.25, -0.2) is 4.79 Å². The van der Waals surface area contributed by atoms with Crippen LogP contribution in [0.5, 0.6) is 0 Å². The van der Waals surface area contributed by atoms with E-state index in [-0.39, 0.29) is 30.8 Å². The summed E-state index contributed by atoms with van der Waals surface area (Å²) < 4.78 is 5.27. The highest BCUT2D eigenvalue weighted by atomic mass is 16.5. The van der Waals surface area contributed by atoms with E-state index in [0.29, 0.717) is 31.6 Å². The van der Waals surface area contributed by atoms with Crippen molar-refractivity contribution in [3.05, 3.63) is 35.9 Å². The van der Waals surface area contributed by atoms with Crippen molar-refractivity contribution in [2.45, 2.75) is 69.7 Å². The van der Waals surface area contributed by atoms with Crippen molar-refractivity contribution in [3.63, 3.8) is 0 Å². The zero-order chi connectivity index (χ0) is 25.5. The minimum Gasteiger partial charge on any atom is -0.445 e. The molecule has 3 aliphatic rings. The maximum Gasteiger partial charge on any atom is 0.408 e. The van der Waals surface area contributed by atoms with E-state index >= 15 is 0 Å². The maximum absolute atomic E-state index is 13.1. The summed E-state index contributed by atoms with van der Waals surface area (Å²) in [6.07, 6.45) is 4.82. The lowest BCUT2D eigenvalue weighted by Gasteiger charge is -2.24. The third-order valence-electron chi connectivity index (χ3n) is 6.95. The van der Waals surface area contributed by atoms with Crippen molar-refractivity contribution >= 4 is 30.1 Å². The Morgan fingerprint density at radius 3 is 2.33 bits per heavy atom. The topological polar surface area (TPSA) is 143 Å². The highest BCUT2D eigenvalue weighted by Crippen LogP contribution is 2.35. The molecule has 2 saturated carbocycles. The molecule has 0 radical (unpaired) electrons. The van der Waals surface area contributed by atoms with Crippen molar-refractivity contribution in [2.24, 2.45) is 17.8 Å². The number of ether oxygens (including phenoxy) is 1. The molecule has 10 heteroatoms. The fourth-order valence-electron chi connectivity index (χ4n) is 4.51. The van der Waals surface area contributed by atoms with Gasteiger partial charge in [-0.2, -0.15) is 0 Å². The molecule has 194 valence electrons. The van der Waals surface area contributed by atoms with Gasteiger partial charge in [-0.15, -0.1) is 0 Å². The Morgan fingerprint density at radius 1 is 0.972 bits per heavy atom. The lowest BCUT2D eigenvalue weighted by molar-refractivity contribution is -0.131. The number of aldehydes is 1. The lowest BCUT2D eigenvalue weighted by Crippen LogP contribution is -2.56. The van der Waals surface area contributed by atoms with Crippen LogP contribution in [0.2, 0.25) is 0 Å². The van der Waals surface area contributed by atoms with Crippen LogP contribution in [0.15, 0.2) is 30.3 Å². The summed E-state index contributed by atoms with van der Waals surface area (Å²) in [7, 11) is 0. The van der Waals surface area contributed by atoms with Gasteiger partial charge in [0.25, 0.3) is 0 Å². The van der Waals surface area contributed by atoms with Gasteiger partial charge in [0.2, 0.25) is 17.7 Å². The molecule has 1 unspecified atom stereocenters. The van der Waals surface area contributed by atoms with E-state index in [9.17, 15) is 24.0 Å². The monoisotopic (exact) mass is 498 g/mol. The summed E-state index contributed by atoms with van der Waals surface area (Å²) in [6.45, 7) is 0.650. The van der Waals surface area contributed by atoms with Crippen LogP contribution in [0.1, 0.15) is 50.5 Å². The quantitative estimate of drug-likeness (QED) is 0.301. The fraction of sp³-hybridized carbons (Fsp3) is 0.577. The number of alkyl carbamates (subject to hydrolysis) is 1. The minimum absolute atomic E-state index is 0.0116. The molecule has 2 aliphatic carbocycles. The van der Waals surface area contributed by atoms with Gasteiger partial charge in [0.05, 0.1) is 6.04 Å². The predicted octanol–water partition coefficient (Wildman–Crippen LogP) is 1.19. The average molecular weight is 499 g/mol. The number of hydrogen-bond acceptors (Lipinski definition) is 6. The standard InChI is InChI=1S/C26H34N4O6/c31-14-20(13-19-10-11-27-23(19)32)28-24(33)21(12-16-6-7-16)29-25(34)22(18-8-9-18)30-26(35)36-15-17-4-2-1-3-5-17/h1-5,14,16,18-22H,6-13,15H2,(H,27,32)(H,28,33)(H,29,34)(H,30,35)/t19-,20-,21-,22?/m0/s1. The molecule has 10 nitrogen and oxygen atoms in total. The summed E-state index contributed by atoms with van der Waals surface area (Å²) in [4.78, 5) is 62.1. The smallest absolute Gasteiger partial charge is 0.408 e. The Kier molecular flexibility index (Phi) is 8.56. The second-order valence-electron chi connectivity index (χ2n) is 10.0. The third kappa shape index (κ3) is 7.53. The summed E-state index contributed by atoms with van der Waals surface area (Å²) in [5, 5.41) is 10.9. The van der Waals surface area contributed by atoms with Crippen LogP contribution in [0, 0.1) is 17.8 Å². The molecule has 4 rings (SSSR count). The van der Waals surface area contributed by atoms with E-state index in [0.717, 1.165) is 31.2 Å². The van der Waals surface area contributed by atoms with Gasteiger partial charge in [-0.1, -0.05) is 43.2 Å². The number of carbonyl (C=O) groups excluding carboxylic acids is 5. The van der Waals surface area contributed by atoms with Gasteiger partial charge in [0.1, 0.15) is 25.0 Å². The molecule has 36 heavy (non-hydrogen) atoms. The minimum atomic E-state index is -0.826. The lowest BCUT2D eigenvalue weighted by atomic mass is 9.98. The number of amides is 4. The zero-order valence-corrected chi connectivity index (χ0v) is 20.2. The molecular weight excluding hydrogens is 464 g/mol. The van der Waals surface area contributed by atoms with E-state index in [2.05, 4.69) is 21.3 Å². The van der Waals surface area contributed by atoms with E-state index in [1.807, 2.05) is 30.3 Å². The highest BCUT2D eigenvalue weighted by molar-refractivity contribution is 5.92. The fourth-order valence-corrected chi connectivity index (χ4v) is 4.51. The van der Waals surface area contributed by atoms with Gasteiger partial charge in [0.15, 0.2) is 0 Å². The maximum atomic E-state index is 13.1. The largest absolute Gasteiger partial charge is 0.445 e. The van der Waals surface area contributed by atoms with Crippen LogP contribution < -0.4 is 21.3 Å². The summed E-state index contributed by atoms with van der Waals surface area (Å²) in [5.41, 5.74) is 0.834. The number of benzene rings is 1. The predicted molar refractivity (Wildman–Crippen MR) is 129 cm³/mol. The van der Waals surface area contributed by atoms with Crippen molar-refractivity contribution in [1.29, 1.82) is 0 Å². The van der Waals surface area contributed by atoms with Crippen LogP contribution in [0.4, 0.5) is 4.79 Å². The van der Waals surface area contributed by atoms with Crippen LogP contribution >= 0.6 is 0 Å². The molecule has 4 atom stereocenters. The normalized spacial score (nSPS) is 21.4. The Morgan fingerprint density at radius 2 is 1.72 bits per heavy atom. The van der Waals surface area contributed by atoms with E-state index in [4.69, 9.17) is 4.74 Å². The molecule has 1 aliphatic heterocycles. The van der Waals surface area contributed by atoms with Crippen molar-refractivity contribution in [2.75, 3.05) is 6.54 Å². The molecule has 1 aromatic rings. The van der Waals surface area contributed by atoms with Crippen LogP contribution in [-0.2, 0) is 30.5 Å². The molecule has 1 aromatic carbocycles. The number of rotatable bonds is 13. The van der Waals surface area contributed by atoms with Crippen molar-refractivity contribution in [1.82, 2.24) is 21.3 Å². The van der Waals surface area contributed by atoms with Crippen LogP contribution in [0.25, 0.3) is 0 Å². The molecule has 4 amide bonds. The Hall–Kier alpha value is -3.43. The molecule has 0 bridgehead atoms. The zero-order valence-electron chi connectivity index (χ0n) is 20.2. The van der Waals surface area contributed by atoms with Gasteiger partial charge in [0, 0.05) is 12.5 Å². The Bertz CT molecular complexity index is 962. The Labute approximate surface area is 210 Å². The van der Waals surface area contributed by atoms with Crippen molar-refractivity contribution < 1.29 is 28.7 Å². The Balaban J connectivity index is 1.32. The molecule has 0 spiro atoms. The number of nitrogens with one attached hydrogen (secondary N) is 4. The molecule has 3 fully saturated rings. The van der Waals surface area contributed by atoms with Crippen molar-refractivity contribution in [3.8, 4) is 0 Å².